The molecule has 0 saturated carbocycles. The molecular weight excluding hydrogens is 380 g/mol. The Bertz CT molecular complexity index is 735. The molecule has 0 unspecified atom stereocenters. The lowest BCUT2D eigenvalue weighted by Gasteiger charge is -2.23. The van der Waals surface area contributed by atoms with Crippen molar-refractivity contribution in [2.24, 2.45) is 17.4 Å². The first-order valence-electron chi connectivity index (χ1n) is 9.15. The number of phenols is 1. The Morgan fingerprint density at radius 2 is 1.55 bits per heavy atom. The molecule has 160 valence electrons. The number of amides is 3. The van der Waals surface area contributed by atoms with Crippen LogP contribution in [0, 0.1) is 5.92 Å². The predicted molar refractivity (Wildman–Crippen MR) is 105 cm³/mol. The zero-order valence-corrected chi connectivity index (χ0v) is 16.4. The molecule has 3 atom stereocenters. The Labute approximate surface area is 168 Å². The van der Waals surface area contributed by atoms with Gasteiger partial charge in [-0.05, 0) is 36.5 Å². The minimum absolute atomic E-state index is 0.000636. The normalized spacial score (nSPS) is 13.9. The third-order valence-corrected chi connectivity index (χ3v) is 4.09. The van der Waals surface area contributed by atoms with Crippen molar-refractivity contribution < 1.29 is 29.4 Å². The lowest BCUT2D eigenvalue weighted by Crippen LogP contribution is -2.55. The number of rotatable bonds is 11. The van der Waals surface area contributed by atoms with Gasteiger partial charge in [0.25, 0.3) is 0 Å². The van der Waals surface area contributed by atoms with Gasteiger partial charge in [0.1, 0.15) is 17.8 Å². The van der Waals surface area contributed by atoms with Crippen LogP contribution in [0.4, 0.5) is 0 Å². The molecule has 1 aromatic rings. The van der Waals surface area contributed by atoms with Crippen molar-refractivity contribution in [2.75, 3.05) is 0 Å². The Kier molecular flexibility index (Phi) is 9.07. The fourth-order valence-corrected chi connectivity index (χ4v) is 2.63. The summed E-state index contributed by atoms with van der Waals surface area (Å²) in [4.78, 5) is 47.5. The van der Waals surface area contributed by atoms with Crippen molar-refractivity contribution in [1.29, 1.82) is 0 Å². The molecule has 0 aliphatic carbocycles. The number of nitrogens with one attached hydrogen (secondary N) is 2. The number of primary amides is 1. The van der Waals surface area contributed by atoms with Gasteiger partial charge in [-0.2, -0.15) is 0 Å². The summed E-state index contributed by atoms with van der Waals surface area (Å²) in [6.45, 7) is 3.60. The van der Waals surface area contributed by atoms with Gasteiger partial charge < -0.3 is 32.3 Å². The van der Waals surface area contributed by atoms with E-state index in [2.05, 4.69) is 10.6 Å². The van der Waals surface area contributed by atoms with E-state index < -0.39 is 48.2 Å². The maximum Gasteiger partial charge on any atom is 0.326 e. The fourth-order valence-electron chi connectivity index (χ4n) is 2.63. The Balaban J connectivity index is 2.81. The molecule has 3 amide bonds. The number of carboxylic acids is 1. The van der Waals surface area contributed by atoms with Crippen LogP contribution in [-0.4, -0.2) is 52.0 Å². The van der Waals surface area contributed by atoms with E-state index in [-0.39, 0.29) is 24.5 Å². The molecular formula is C19H28N4O6. The average Bonchev–Trinajstić information content (AvgIpc) is 2.61. The summed E-state index contributed by atoms with van der Waals surface area (Å²) in [6.07, 6.45) is -0.196. The van der Waals surface area contributed by atoms with E-state index >= 15 is 0 Å². The van der Waals surface area contributed by atoms with Crippen molar-refractivity contribution in [1.82, 2.24) is 10.6 Å². The topological polar surface area (TPSA) is 185 Å². The largest absolute Gasteiger partial charge is 0.508 e. The molecule has 0 aromatic heterocycles. The molecule has 8 N–H and O–H groups in total. The van der Waals surface area contributed by atoms with Crippen molar-refractivity contribution >= 4 is 23.7 Å². The van der Waals surface area contributed by atoms with Crippen molar-refractivity contribution in [3.63, 3.8) is 0 Å². The Morgan fingerprint density at radius 1 is 1.00 bits per heavy atom. The molecule has 0 fully saturated rings. The smallest absolute Gasteiger partial charge is 0.326 e. The van der Waals surface area contributed by atoms with Crippen molar-refractivity contribution in [3.05, 3.63) is 29.8 Å². The Morgan fingerprint density at radius 3 is 2.03 bits per heavy atom. The highest BCUT2D eigenvalue weighted by atomic mass is 16.4. The third-order valence-electron chi connectivity index (χ3n) is 4.09. The summed E-state index contributed by atoms with van der Waals surface area (Å²) in [7, 11) is 0. The van der Waals surface area contributed by atoms with E-state index in [4.69, 9.17) is 11.5 Å². The Hall–Kier alpha value is -3.14. The van der Waals surface area contributed by atoms with Gasteiger partial charge in [0.05, 0.1) is 12.5 Å². The molecule has 0 heterocycles. The van der Waals surface area contributed by atoms with Crippen LogP contribution in [0.2, 0.25) is 0 Å². The van der Waals surface area contributed by atoms with Gasteiger partial charge in [0.2, 0.25) is 17.7 Å². The molecule has 0 aliphatic rings. The molecule has 1 aromatic carbocycles. The van der Waals surface area contributed by atoms with Crippen LogP contribution in [0.3, 0.4) is 0 Å². The van der Waals surface area contributed by atoms with Gasteiger partial charge in [-0.3, -0.25) is 14.4 Å². The summed E-state index contributed by atoms with van der Waals surface area (Å²) in [6, 6.07) is 2.54. The maximum absolute atomic E-state index is 12.5. The third kappa shape index (κ3) is 8.60. The average molecular weight is 408 g/mol. The highest BCUT2D eigenvalue weighted by Crippen LogP contribution is 2.11. The SMILES string of the molecule is CC(C)C[C@H](NC(=O)[C@H](CC(N)=O)NC(=O)[C@@H](N)Cc1ccc(O)cc1)C(=O)O. The van der Waals surface area contributed by atoms with Gasteiger partial charge in [-0.25, -0.2) is 4.79 Å². The first-order chi connectivity index (χ1) is 13.5. The predicted octanol–water partition coefficient (Wildman–Crippen LogP) is -0.762. The number of nitrogens with two attached hydrogens (primary N) is 2. The van der Waals surface area contributed by atoms with Gasteiger partial charge in [0.15, 0.2) is 0 Å². The summed E-state index contributed by atoms with van der Waals surface area (Å²) in [5, 5.41) is 23.2. The van der Waals surface area contributed by atoms with E-state index in [1.807, 2.05) is 0 Å². The maximum atomic E-state index is 12.5. The standard InChI is InChI=1S/C19H28N4O6/c1-10(2)7-15(19(28)29)23-18(27)14(9-16(21)25)22-17(26)13(20)8-11-3-5-12(24)6-4-11/h3-6,10,13-15,24H,7-9,20H2,1-2H3,(H2,21,25)(H,22,26)(H,23,27)(H,28,29)/t13-,14-,15-/m0/s1. The number of benzene rings is 1. The van der Waals surface area contributed by atoms with Crippen molar-refractivity contribution in [3.8, 4) is 5.75 Å². The van der Waals surface area contributed by atoms with Gasteiger partial charge in [-0.1, -0.05) is 26.0 Å². The number of carbonyl (C=O) groups excluding carboxylic acids is 3. The lowest BCUT2D eigenvalue weighted by molar-refractivity contribution is -0.142. The van der Waals surface area contributed by atoms with Crippen LogP contribution in [-0.2, 0) is 25.6 Å². The summed E-state index contributed by atoms with van der Waals surface area (Å²) in [5.74, 6) is -3.52. The van der Waals surface area contributed by atoms with Gasteiger partial charge in [-0.15, -0.1) is 0 Å². The minimum atomic E-state index is -1.35. The van der Waals surface area contributed by atoms with Crippen LogP contribution in [0.25, 0.3) is 0 Å². The van der Waals surface area contributed by atoms with Gasteiger partial charge >= 0.3 is 5.97 Å². The molecule has 0 bridgehead atoms. The fraction of sp³-hybridized carbons (Fsp3) is 0.474. The second-order valence-electron chi connectivity index (χ2n) is 7.24. The second-order valence-corrected chi connectivity index (χ2v) is 7.24. The first kappa shape index (κ1) is 23.9. The van der Waals surface area contributed by atoms with Crippen LogP contribution >= 0.6 is 0 Å². The zero-order valence-electron chi connectivity index (χ0n) is 16.4. The van der Waals surface area contributed by atoms with Crippen LogP contribution in [0.1, 0.15) is 32.3 Å². The van der Waals surface area contributed by atoms with E-state index in [0.29, 0.717) is 5.56 Å². The zero-order chi connectivity index (χ0) is 22.1. The van der Waals surface area contributed by atoms with Gasteiger partial charge in [0, 0.05) is 0 Å². The molecule has 10 nitrogen and oxygen atoms in total. The number of hydrogen-bond acceptors (Lipinski definition) is 6. The molecule has 0 aliphatic heterocycles. The number of aliphatic carboxylic acids is 1. The van der Waals surface area contributed by atoms with E-state index in [9.17, 15) is 29.4 Å². The lowest BCUT2D eigenvalue weighted by atomic mass is 10.0. The second kappa shape index (κ2) is 11.0. The van der Waals surface area contributed by atoms with E-state index in [1.54, 1.807) is 26.0 Å². The monoisotopic (exact) mass is 408 g/mol. The van der Waals surface area contributed by atoms with Crippen LogP contribution in [0.5, 0.6) is 5.75 Å². The summed E-state index contributed by atoms with van der Waals surface area (Å²) < 4.78 is 0. The van der Waals surface area contributed by atoms with E-state index in [0.717, 1.165) is 0 Å². The highest BCUT2D eigenvalue weighted by Gasteiger charge is 2.29. The molecule has 29 heavy (non-hydrogen) atoms. The van der Waals surface area contributed by atoms with Crippen LogP contribution < -0.4 is 22.1 Å². The molecule has 0 saturated heterocycles. The summed E-state index contributed by atoms with van der Waals surface area (Å²) >= 11 is 0. The number of carbonyl (C=O) groups is 4. The first-order valence-corrected chi connectivity index (χ1v) is 9.15. The number of hydrogen-bond donors (Lipinski definition) is 6. The number of aromatic hydroxyl groups is 1. The van der Waals surface area contributed by atoms with Crippen LogP contribution in [0.15, 0.2) is 24.3 Å². The summed E-state index contributed by atoms with van der Waals surface area (Å²) in [5.41, 5.74) is 11.7. The molecule has 1 rings (SSSR count). The minimum Gasteiger partial charge on any atom is -0.508 e. The van der Waals surface area contributed by atoms with Crippen molar-refractivity contribution in [2.45, 2.75) is 51.2 Å². The number of carboxylic acid groups (broad SMARTS) is 1. The molecule has 10 heteroatoms. The number of phenolic OH excluding ortho intramolecular Hbond substituents is 1. The quantitative estimate of drug-likeness (QED) is 0.278. The molecule has 0 radical (unpaired) electrons. The highest BCUT2D eigenvalue weighted by molar-refractivity contribution is 5.94. The van der Waals surface area contributed by atoms with E-state index in [1.165, 1.54) is 12.1 Å². The molecule has 0 spiro atoms.